The van der Waals surface area contributed by atoms with Crippen LogP contribution in [0.1, 0.15) is 54.6 Å². The normalized spacial score (nSPS) is 20.7. The minimum atomic E-state index is -3.70. The van der Waals surface area contributed by atoms with Crippen molar-refractivity contribution >= 4 is 21.7 Å². The number of carbonyl (C=O) groups excluding carboxylic acids is 2. The summed E-state index contributed by atoms with van der Waals surface area (Å²) in [6, 6.07) is 11.6. The van der Waals surface area contributed by atoms with Crippen molar-refractivity contribution in [3.05, 3.63) is 65.5 Å². The van der Waals surface area contributed by atoms with E-state index in [-0.39, 0.29) is 53.6 Å². The Morgan fingerprint density at radius 3 is 2.24 bits per heavy atom. The molecule has 2 aliphatic rings. The summed E-state index contributed by atoms with van der Waals surface area (Å²) in [6.45, 7) is 2.52. The van der Waals surface area contributed by atoms with E-state index in [9.17, 15) is 22.4 Å². The fourth-order valence-electron chi connectivity index (χ4n) is 4.57. The maximum absolute atomic E-state index is 13.4. The number of sulfonamides is 1. The molecule has 9 heteroatoms. The zero-order valence-electron chi connectivity index (χ0n) is 19.1. The van der Waals surface area contributed by atoms with Gasteiger partial charge < -0.3 is 10.1 Å². The molecule has 2 heterocycles. The number of nitrogens with zero attached hydrogens (tertiary/aromatic N) is 1. The fraction of sp³-hybridized carbons (Fsp3) is 0.440. The Morgan fingerprint density at radius 2 is 1.68 bits per heavy atom. The highest BCUT2D eigenvalue weighted by molar-refractivity contribution is 7.89. The third-order valence-corrected chi connectivity index (χ3v) is 8.50. The van der Waals surface area contributed by atoms with Gasteiger partial charge in [0.2, 0.25) is 15.9 Å². The third kappa shape index (κ3) is 5.37. The van der Waals surface area contributed by atoms with E-state index >= 15 is 0 Å². The molecule has 0 saturated carbocycles. The number of hydrogen-bond acceptors (Lipinski definition) is 5. The molecular formula is C25H29FN2O5S. The van der Waals surface area contributed by atoms with Crippen molar-refractivity contribution in [1.29, 1.82) is 0 Å². The molecule has 2 aliphatic heterocycles. The minimum absolute atomic E-state index is 0.127. The number of ketones is 1. The van der Waals surface area contributed by atoms with Gasteiger partial charge >= 0.3 is 0 Å². The lowest BCUT2D eigenvalue weighted by molar-refractivity contribution is -0.127. The molecule has 7 nitrogen and oxygen atoms in total. The molecule has 2 atom stereocenters. The molecular weight excluding hydrogens is 459 g/mol. The van der Waals surface area contributed by atoms with Crippen LogP contribution in [-0.2, 0) is 19.6 Å². The summed E-state index contributed by atoms with van der Waals surface area (Å²) in [7, 11) is -3.70. The highest BCUT2D eigenvalue weighted by Gasteiger charge is 2.35. The molecule has 4 rings (SSSR count). The van der Waals surface area contributed by atoms with Gasteiger partial charge in [0.25, 0.3) is 0 Å². The lowest BCUT2D eigenvalue weighted by Gasteiger charge is -2.32. The van der Waals surface area contributed by atoms with Gasteiger partial charge in [-0.2, -0.15) is 4.31 Å². The van der Waals surface area contributed by atoms with Gasteiger partial charge in [-0.25, -0.2) is 12.8 Å². The van der Waals surface area contributed by atoms with Crippen molar-refractivity contribution in [2.45, 2.75) is 49.6 Å². The topological polar surface area (TPSA) is 92.8 Å². The van der Waals surface area contributed by atoms with Gasteiger partial charge in [0.05, 0.1) is 17.0 Å². The number of Topliss-reactive ketones (excluding diaryl/α,β-unsaturated/α-hetero) is 1. The Hall–Kier alpha value is -2.62. The van der Waals surface area contributed by atoms with E-state index in [0.29, 0.717) is 25.0 Å². The first kappa shape index (κ1) is 24.5. The quantitative estimate of drug-likeness (QED) is 0.603. The SMILES string of the molecule is CC(=O)c1ccc(S(=O)(=O)N2CCC(C(=O)N[C@@H](c3ccc(F)cc3)[C@@H]3CCCO3)CC2)cc1. The van der Waals surface area contributed by atoms with Gasteiger partial charge in [-0.05, 0) is 62.4 Å². The zero-order chi connectivity index (χ0) is 24.3. The molecule has 2 aromatic carbocycles. The second kappa shape index (κ2) is 10.3. The van der Waals surface area contributed by atoms with Crippen LogP contribution in [0.25, 0.3) is 0 Å². The van der Waals surface area contributed by atoms with Crippen LogP contribution >= 0.6 is 0 Å². The van der Waals surface area contributed by atoms with E-state index in [4.69, 9.17) is 4.74 Å². The van der Waals surface area contributed by atoms with Crippen LogP contribution in [0.2, 0.25) is 0 Å². The number of hydrogen-bond donors (Lipinski definition) is 1. The van der Waals surface area contributed by atoms with Crippen LogP contribution < -0.4 is 5.32 Å². The lowest BCUT2D eigenvalue weighted by Crippen LogP contribution is -2.45. The molecule has 182 valence electrons. The highest BCUT2D eigenvalue weighted by Crippen LogP contribution is 2.29. The van der Waals surface area contributed by atoms with Gasteiger partial charge in [0.1, 0.15) is 5.82 Å². The van der Waals surface area contributed by atoms with E-state index in [1.54, 1.807) is 12.1 Å². The second-order valence-electron chi connectivity index (χ2n) is 8.85. The molecule has 1 amide bonds. The van der Waals surface area contributed by atoms with E-state index < -0.39 is 10.0 Å². The molecule has 0 spiro atoms. The number of nitrogens with one attached hydrogen (secondary N) is 1. The number of ether oxygens (including phenoxy) is 1. The fourth-order valence-corrected chi connectivity index (χ4v) is 6.04. The summed E-state index contributed by atoms with van der Waals surface area (Å²) in [5.74, 6) is -0.938. The van der Waals surface area contributed by atoms with Crippen molar-refractivity contribution in [1.82, 2.24) is 9.62 Å². The van der Waals surface area contributed by atoms with Gasteiger partial charge in [0, 0.05) is 31.2 Å². The Bertz CT molecular complexity index is 1120. The Labute approximate surface area is 199 Å². The third-order valence-electron chi connectivity index (χ3n) is 6.59. The maximum atomic E-state index is 13.4. The summed E-state index contributed by atoms with van der Waals surface area (Å²) in [5.41, 5.74) is 1.24. The van der Waals surface area contributed by atoms with E-state index in [2.05, 4.69) is 5.32 Å². The summed E-state index contributed by atoms with van der Waals surface area (Å²) < 4.78 is 46.6. The Morgan fingerprint density at radius 1 is 1.03 bits per heavy atom. The Balaban J connectivity index is 1.40. The first-order valence-electron chi connectivity index (χ1n) is 11.5. The second-order valence-corrected chi connectivity index (χ2v) is 10.8. The average Bonchev–Trinajstić information content (AvgIpc) is 3.38. The average molecular weight is 489 g/mol. The van der Waals surface area contributed by atoms with Crippen LogP contribution in [0, 0.1) is 11.7 Å². The van der Waals surface area contributed by atoms with E-state index in [0.717, 1.165) is 18.4 Å². The monoisotopic (exact) mass is 488 g/mol. The molecule has 2 fully saturated rings. The minimum Gasteiger partial charge on any atom is -0.376 e. The van der Waals surface area contributed by atoms with E-state index in [1.165, 1.54) is 47.6 Å². The van der Waals surface area contributed by atoms with Crippen LogP contribution in [0.3, 0.4) is 0 Å². The molecule has 34 heavy (non-hydrogen) atoms. The number of amides is 1. The molecule has 0 unspecified atom stereocenters. The van der Waals surface area contributed by atoms with Crippen molar-refractivity contribution in [3.63, 3.8) is 0 Å². The highest BCUT2D eigenvalue weighted by atomic mass is 32.2. The van der Waals surface area contributed by atoms with Gasteiger partial charge in [-0.15, -0.1) is 0 Å². The van der Waals surface area contributed by atoms with Crippen LogP contribution in [0.5, 0.6) is 0 Å². The summed E-state index contributed by atoms with van der Waals surface area (Å²) >= 11 is 0. The summed E-state index contributed by atoms with van der Waals surface area (Å²) in [6.07, 6.45) is 2.34. The molecule has 2 saturated heterocycles. The molecule has 2 aromatic rings. The zero-order valence-corrected chi connectivity index (χ0v) is 19.9. The maximum Gasteiger partial charge on any atom is 0.243 e. The van der Waals surface area contributed by atoms with Crippen molar-refractivity contribution in [3.8, 4) is 0 Å². The first-order valence-corrected chi connectivity index (χ1v) is 13.0. The predicted molar refractivity (Wildman–Crippen MR) is 124 cm³/mol. The number of carbonyl (C=O) groups is 2. The van der Waals surface area contributed by atoms with Crippen molar-refractivity contribution < 1.29 is 27.1 Å². The number of piperidine rings is 1. The molecule has 0 aliphatic carbocycles. The Kier molecular flexibility index (Phi) is 7.45. The number of rotatable bonds is 7. The van der Waals surface area contributed by atoms with Crippen LogP contribution in [0.15, 0.2) is 53.4 Å². The molecule has 0 aromatic heterocycles. The standard InChI is InChI=1S/C25H29FN2O5S/c1-17(29)18-6-10-22(11-7-18)34(31,32)28-14-12-20(13-15-28)25(30)27-24(23-3-2-16-33-23)19-4-8-21(26)9-5-19/h4-11,20,23-24H,2-3,12-16H2,1H3,(H,27,30)/t23-,24-/m0/s1. The molecule has 0 bridgehead atoms. The first-order chi connectivity index (χ1) is 16.3. The largest absolute Gasteiger partial charge is 0.376 e. The summed E-state index contributed by atoms with van der Waals surface area (Å²) in [4.78, 5) is 24.7. The van der Waals surface area contributed by atoms with Crippen LogP contribution in [0.4, 0.5) is 4.39 Å². The number of halogens is 1. The lowest BCUT2D eigenvalue weighted by atomic mass is 9.94. The molecule has 0 radical (unpaired) electrons. The van der Waals surface area contributed by atoms with Crippen molar-refractivity contribution in [2.75, 3.05) is 19.7 Å². The van der Waals surface area contributed by atoms with Gasteiger partial charge in [-0.3, -0.25) is 9.59 Å². The number of benzene rings is 2. The van der Waals surface area contributed by atoms with E-state index in [1.807, 2.05) is 0 Å². The molecule has 1 N–H and O–H groups in total. The van der Waals surface area contributed by atoms with Crippen LogP contribution in [-0.4, -0.2) is 50.2 Å². The van der Waals surface area contributed by atoms with Crippen molar-refractivity contribution in [2.24, 2.45) is 5.92 Å². The summed E-state index contributed by atoms with van der Waals surface area (Å²) in [5, 5.41) is 3.08. The predicted octanol–water partition coefficient (Wildman–Crippen LogP) is 3.47. The van der Waals surface area contributed by atoms with Gasteiger partial charge in [0.15, 0.2) is 5.78 Å². The smallest absolute Gasteiger partial charge is 0.243 e. The van der Waals surface area contributed by atoms with Gasteiger partial charge in [-0.1, -0.05) is 24.3 Å².